The lowest BCUT2D eigenvalue weighted by molar-refractivity contribution is -0.164. The molecule has 3 aliphatic rings. The van der Waals surface area contributed by atoms with Crippen molar-refractivity contribution in [1.82, 2.24) is 0 Å². The highest BCUT2D eigenvalue weighted by Gasteiger charge is 2.66. The van der Waals surface area contributed by atoms with E-state index < -0.39 is 22.7 Å². The molecule has 0 aliphatic heterocycles. The zero-order chi connectivity index (χ0) is 18.7. The summed E-state index contributed by atoms with van der Waals surface area (Å²) < 4.78 is 10.3. The average Bonchev–Trinajstić information content (AvgIpc) is 2.68. The van der Waals surface area contributed by atoms with Crippen LogP contribution in [0.3, 0.4) is 0 Å². The SMILES string of the molecule is COC(=O)C1C(C(=O)OC)C2(C)c3ccccc3C1(C)c1ccccc12. The smallest absolute Gasteiger partial charge is 0.310 e. The minimum atomic E-state index is -0.656. The van der Waals surface area contributed by atoms with E-state index in [4.69, 9.17) is 9.47 Å². The maximum atomic E-state index is 12.9. The summed E-state index contributed by atoms with van der Waals surface area (Å²) in [5, 5.41) is 0. The normalized spacial score (nSPS) is 30.9. The van der Waals surface area contributed by atoms with Crippen LogP contribution in [-0.4, -0.2) is 26.2 Å². The van der Waals surface area contributed by atoms with Crippen molar-refractivity contribution in [2.75, 3.05) is 14.2 Å². The van der Waals surface area contributed by atoms with E-state index >= 15 is 0 Å². The molecule has 2 aromatic carbocycles. The van der Waals surface area contributed by atoms with Crippen molar-refractivity contribution in [3.8, 4) is 0 Å². The number of ether oxygens (including phenoxy) is 2. The standard InChI is InChI=1S/C22H22O4/c1-21-13-9-5-7-11-15(13)22(2,16-12-8-6-10-14(16)21)18(20(24)26-4)17(21)19(23)25-3/h5-12,17-18H,1-4H3. The number of carbonyl (C=O) groups is 2. The van der Waals surface area contributed by atoms with Crippen LogP contribution in [-0.2, 0) is 29.9 Å². The average molecular weight is 350 g/mol. The van der Waals surface area contributed by atoms with Crippen molar-refractivity contribution in [3.05, 3.63) is 70.8 Å². The minimum absolute atomic E-state index is 0.377. The summed E-state index contributed by atoms with van der Waals surface area (Å²) in [6.45, 7) is 4.09. The lowest BCUT2D eigenvalue weighted by Crippen LogP contribution is -2.62. The maximum Gasteiger partial charge on any atom is 0.310 e. The van der Waals surface area contributed by atoms with Crippen LogP contribution in [0.25, 0.3) is 0 Å². The van der Waals surface area contributed by atoms with Crippen LogP contribution in [0.15, 0.2) is 48.5 Å². The van der Waals surface area contributed by atoms with E-state index in [9.17, 15) is 9.59 Å². The number of rotatable bonds is 2. The van der Waals surface area contributed by atoms with Crippen LogP contribution in [0.5, 0.6) is 0 Å². The van der Waals surface area contributed by atoms with Crippen molar-refractivity contribution in [2.24, 2.45) is 11.8 Å². The lowest BCUT2D eigenvalue weighted by atomic mass is 9.42. The highest BCUT2D eigenvalue weighted by molar-refractivity contribution is 5.90. The Morgan fingerprint density at radius 2 is 0.962 bits per heavy atom. The summed E-state index contributed by atoms with van der Waals surface area (Å²) in [6, 6.07) is 16.2. The Hall–Kier alpha value is -2.62. The Labute approximate surface area is 153 Å². The number of carbonyl (C=O) groups excluding carboxylic acids is 2. The fraction of sp³-hybridized carbons (Fsp3) is 0.364. The van der Waals surface area contributed by atoms with E-state index in [-0.39, 0.29) is 11.9 Å². The van der Waals surface area contributed by atoms with E-state index in [2.05, 4.69) is 24.3 Å². The summed E-state index contributed by atoms with van der Waals surface area (Å²) in [6.07, 6.45) is 0. The van der Waals surface area contributed by atoms with Gasteiger partial charge in [0.15, 0.2) is 0 Å². The molecule has 0 saturated carbocycles. The van der Waals surface area contributed by atoms with Crippen LogP contribution in [0, 0.1) is 11.8 Å². The maximum absolute atomic E-state index is 12.9. The first-order valence-electron chi connectivity index (χ1n) is 8.78. The molecule has 0 saturated heterocycles. The predicted molar refractivity (Wildman–Crippen MR) is 96.8 cm³/mol. The third-order valence-electron chi connectivity index (χ3n) is 6.58. The summed E-state index contributed by atoms with van der Waals surface area (Å²) in [7, 11) is 2.75. The quantitative estimate of drug-likeness (QED) is 0.781. The molecule has 0 aromatic heterocycles. The van der Waals surface area contributed by atoms with Crippen molar-refractivity contribution >= 4 is 11.9 Å². The highest BCUT2D eigenvalue weighted by atomic mass is 16.5. The molecule has 26 heavy (non-hydrogen) atoms. The van der Waals surface area contributed by atoms with Gasteiger partial charge in [-0.2, -0.15) is 0 Å². The third kappa shape index (κ3) is 1.74. The van der Waals surface area contributed by atoms with Gasteiger partial charge in [0.2, 0.25) is 0 Å². The summed E-state index contributed by atoms with van der Waals surface area (Å²) in [5.74, 6) is -2.04. The molecule has 5 rings (SSSR count). The molecule has 0 amide bonds. The van der Waals surface area contributed by atoms with Gasteiger partial charge in [-0.05, 0) is 22.3 Å². The molecule has 2 bridgehead atoms. The molecular formula is C22H22O4. The molecule has 0 spiro atoms. The number of fused-ring (bicyclic) bond motifs is 1. The second-order valence-electron chi connectivity index (χ2n) is 7.50. The Bertz CT molecular complexity index is 792. The Morgan fingerprint density at radius 1 is 0.692 bits per heavy atom. The molecule has 0 N–H and O–H groups in total. The van der Waals surface area contributed by atoms with E-state index in [1.54, 1.807) is 0 Å². The molecule has 0 fully saturated rings. The fourth-order valence-electron chi connectivity index (χ4n) is 5.40. The van der Waals surface area contributed by atoms with Crippen LogP contribution < -0.4 is 0 Å². The monoisotopic (exact) mass is 350 g/mol. The molecule has 2 atom stereocenters. The summed E-state index contributed by atoms with van der Waals surface area (Å²) in [5.41, 5.74) is 3.01. The lowest BCUT2D eigenvalue weighted by Gasteiger charge is -2.59. The largest absolute Gasteiger partial charge is 0.469 e. The van der Waals surface area contributed by atoms with Gasteiger partial charge in [-0.25, -0.2) is 0 Å². The molecule has 134 valence electrons. The third-order valence-corrected chi connectivity index (χ3v) is 6.58. The van der Waals surface area contributed by atoms with Crippen molar-refractivity contribution in [2.45, 2.75) is 24.7 Å². The Morgan fingerprint density at radius 3 is 1.19 bits per heavy atom. The molecule has 3 aliphatic carbocycles. The van der Waals surface area contributed by atoms with E-state index in [1.165, 1.54) is 14.2 Å². The van der Waals surface area contributed by atoms with Gasteiger partial charge in [-0.3, -0.25) is 9.59 Å². The van der Waals surface area contributed by atoms with Crippen molar-refractivity contribution in [3.63, 3.8) is 0 Å². The fourth-order valence-corrected chi connectivity index (χ4v) is 5.40. The second kappa shape index (κ2) is 5.44. The van der Waals surface area contributed by atoms with E-state index in [1.807, 2.05) is 38.1 Å². The van der Waals surface area contributed by atoms with Gasteiger partial charge in [0.25, 0.3) is 0 Å². The predicted octanol–water partition coefficient (Wildman–Crippen LogP) is 3.20. The van der Waals surface area contributed by atoms with Crippen molar-refractivity contribution < 1.29 is 19.1 Å². The first kappa shape index (κ1) is 16.8. The molecule has 2 aromatic rings. The van der Waals surface area contributed by atoms with E-state index in [0.29, 0.717) is 0 Å². The molecule has 0 heterocycles. The van der Waals surface area contributed by atoms with Crippen LogP contribution in [0.1, 0.15) is 36.1 Å². The van der Waals surface area contributed by atoms with Gasteiger partial charge < -0.3 is 9.47 Å². The van der Waals surface area contributed by atoms with Crippen molar-refractivity contribution in [1.29, 1.82) is 0 Å². The summed E-state index contributed by atoms with van der Waals surface area (Å²) >= 11 is 0. The molecule has 0 radical (unpaired) electrons. The molecule has 4 heteroatoms. The zero-order valence-electron chi connectivity index (χ0n) is 15.4. The van der Waals surface area contributed by atoms with Gasteiger partial charge in [0.1, 0.15) is 0 Å². The van der Waals surface area contributed by atoms with Crippen LogP contribution in [0.2, 0.25) is 0 Å². The van der Waals surface area contributed by atoms with Gasteiger partial charge in [0.05, 0.1) is 26.1 Å². The zero-order valence-corrected chi connectivity index (χ0v) is 15.4. The Kier molecular flexibility index (Phi) is 3.52. The highest BCUT2D eigenvalue weighted by Crippen LogP contribution is 2.64. The number of methoxy groups -OCH3 is 2. The Balaban J connectivity index is 2.16. The van der Waals surface area contributed by atoms with Gasteiger partial charge in [-0.15, -0.1) is 0 Å². The topological polar surface area (TPSA) is 52.6 Å². The number of benzene rings is 2. The first-order chi connectivity index (χ1) is 12.4. The summed E-state index contributed by atoms with van der Waals surface area (Å²) in [4.78, 5) is 25.8. The van der Waals surface area contributed by atoms with Crippen LogP contribution >= 0.6 is 0 Å². The molecule has 2 unspecified atom stereocenters. The van der Waals surface area contributed by atoms with E-state index in [0.717, 1.165) is 22.3 Å². The second-order valence-corrected chi connectivity index (χ2v) is 7.50. The molecule has 4 nitrogen and oxygen atoms in total. The number of hydrogen-bond donors (Lipinski definition) is 0. The van der Waals surface area contributed by atoms with Gasteiger partial charge in [-0.1, -0.05) is 62.4 Å². The number of esters is 2. The minimum Gasteiger partial charge on any atom is -0.469 e. The van der Waals surface area contributed by atoms with Crippen LogP contribution in [0.4, 0.5) is 0 Å². The number of hydrogen-bond acceptors (Lipinski definition) is 4. The first-order valence-corrected chi connectivity index (χ1v) is 8.78. The van der Waals surface area contributed by atoms with Gasteiger partial charge >= 0.3 is 11.9 Å². The molecular weight excluding hydrogens is 328 g/mol. The van der Waals surface area contributed by atoms with Gasteiger partial charge in [0, 0.05) is 10.8 Å².